The average Bonchev–Trinajstić information content (AvgIpc) is 2.92. The van der Waals surface area contributed by atoms with E-state index < -0.39 is 0 Å². The second kappa shape index (κ2) is 3.98. The highest BCUT2D eigenvalue weighted by Gasteiger charge is 2.27. The Morgan fingerprint density at radius 3 is 2.94 bits per heavy atom. The van der Waals surface area contributed by atoms with Crippen LogP contribution in [0.2, 0.25) is 0 Å². The third-order valence-electron chi connectivity index (χ3n) is 3.87. The van der Waals surface area contributed by atoms with E-state index in [1.165, 1.54) is 0 Å². The highest BCUT2D eigenvalue weighted by Crippen LogP contribution is 2.27. The minimum Gasteiger partial charge on any atom is -0.378 e. The molecular formula is C12H19N5O. The number of aromatic nitrogens is 4. The molecule has 2 N–H and O–H groups in total. The van der Waals surface area contributed by atoms with Gasteiger partial charge in [-0.05, 0) is 20.3 Å². The van der Waals surface area contributed by atoms with Gasteiger partial charge in [-0.15, -0.1) is 0 Å². The Kier molecular flexibility index (Phi) is 2.55. The molecule has 3 rings (SSSR count). The van der Waals surface area contributed by atoms with Crippen molar-refractivity contribution in [3.8, 4) is 0 Å². The summed E-state index contributed by atoms with van der Waals surface area (Å²) in [6.45, 7) is 5.77. The summed E-state index contributed by atoms with van der Waals surface area (Å²) in [4.78, 5) is 4.42. The van der Waals surface area contributed by atoms with Crippen molar-refractivity contribution < 1.29 is 4.74 Å². The van der Waals surface area contributed by atoms with E-state index >= 15 is 0 Å². The third kappa shape index (κ3) is 1.59. The molecule has 0 radical (unpaired) electrons. The van der Waals surface area contributed by atoms with Crippen molar-refractivity contribution in [2.45, 2.75) is 32.9 Å². The summed E-state index contributed by atoms with van der Waals surface area (Å²) in [5, 5.41) is 4.39. The molecule has 0 aliphatic carbocycles. The maximum Gasteiger partial charge on any atom is 0.202 e. The van der Waals surface area contributed by atoms with Crippen LogP contribution in [-0.2, 0) is 18.3 Å². The molecular weight excluding hydrogens is 230 g/mol. The second-order valence-electron chi connectivity index (χ2n) is 5.09. The van der Waals surface area contributed by atoms with E-state index in [9.17, 15) is 0 Å². The fraction of sp³-hybridized carbons (Fsp3) is 0.667. The topological polar surface area (TPSA) is 70.9 Å². The van der Waals surface area contributed by atoms with Gasteiger partial charge in [0.1, 0.15) is 5.52 Å². The molecule has 0 saturated carbocycles. The molecule has 6 nitrogen and oxygen atoms in total. The van der Waals surface area contributed by atoms with Crippen molar-refractivity contribution in [1.29, 1.82) is 0 Å². The van der Waals surface area contributed by atoms with E-state index in [0.29, 0.717) is 11.9 Å². The lowest BCUT2D eigenvalue weighted by Gasteiger charge is -2.16. The molecule has 0 bridgehead atoms. The quantitative estimate of drug-likeness (QED) is 0.864. The minimum atomic E-state index is 0.288. The average molecular weight is 249 g/mol. The molecule has 2 unspecified atom stereocenters. The SMILES string of the molecule is Cc1nn(C)c2c1nc(N)n2CC1CCOC1C. The maximum absolute atomic E-state index is 6.03. The molecule has 0 amide bonds. The summed E-state index contributed by atoms with van der Waals surface area (Å²) in [5.41, 5.74) is 8.86. The zero-order valence-corrected chi connectivity index (χ0v) is 11.1. The Balaban J connectivity index is 2.02. The molecule has 2 aromatic rings. The fourth-order valence-corrected chi connectivity index (χ4v) is 2.78. The maximum atomic E-state index is 6.03. The van der Waals surface area contributed by atoms with Crippen molar-refractivity contribution in [2.75, 3.05) is 12.3 Å². The summed E-state index contributed by atoms with van der Waals surface area (Å²) >= 11 is 0. The number of anilines is 1. The number of rotatable bonds is 2. The monoisotopic (exact) mass is 249 g/mol. The summed E-state index contributed by atoms with van der Waals surface area (Å²) in [6.07, 6.45) is 1.37. The number of nitrogen functional groups attached to an aromatic ring is 1. The van der Waals surface area contributed by atoms with Crippen LogP contribution < -0.4 is 5.73 Å². The summed E-state index contributed by atoms with van der Waals surface area (Å²) in [5.74, 6) is 1.07. The Morgan fingerprint density at radius 1 is 1.50 bits per heavy atom. The molecule has 1 saturated heterocycles. The van der Waals surface area contributed by atoms with E-state index in [1.54, 1.807) is 0 Å². The zero-order valence-electron chi connectivity index (χ0n) is 11.1. The predicted molar refractivity (Wildman–Crippen MR) is 69.2 cm³/mol. The van der Waals surface area contributed by atoms with E-state index in [4.69, 9.17) is 10.5 Å². The van der Waals surface area contributed by atoms with Gasteiger partial charge in [-0.2, -0.15) is 5.10 Å². The summed E-state index contributed by atoms with van der Waals surface area (Å²) in [7, 11) is 1.93. The normalized spacial score (nSPS) is 24.2. The summed E-state index contributed by atoms with van der Waals surface area (Å²) < 4.78 is 9.52. The molecule has 1 fully saturated rings. The first kappa shape index (κ1) is 11.5. The Morgan fingerprint density at radius 2 is 2.28 bits per heavy atom. The number of nitrogens with two attached hydrogens (primary N) is 1. The molecule has 18 heavy (non-hydrogen) atoms. The van der Waals surface area contributed by atoms with Crippen LogP contribution in [0, 0.1) is 12.8 Å². The number of hydrogen-bond acceptors (Lipinski definition) is 4. The number of ether oxygens (including phenoxy) is 1. The van der Waals surface area contributed by atoms with Crippen molar-refractivity contribution in [3.63, 3.8) is 0 Å². The van der Waals surface area contributed by atoms with Gasteiger partial charge in [0.05, 0.1) is 11.8 Å². The molecule has 2 atom stereocenters. The lowest BCUT2D eigenvalue weighted by molar-refractivity contribution is 0.102. The first-order chi connectivity index (χ1) is 8.58. The summed E-state index contributed by atoms with van der Waals surface area (Å²) in [6, 6.07) is 0. The molecule has 1 aliphatic rings. The molecule has 0 aromatic carbocycles. The van der Waals surface area contributed by atoms with Gasteiger partial charge >= 0.3 is 0 Å². The fourth-order valence-electron chi connectivity index (χ4n) is 2.78. The number of fused-ring (bicyclic) bond motifs is 1. The van der Waals surface area contributed by atoms with Crippen molar-refractivity contribution in [2.24, 2.45) is 13.0 Å². The highest BCUT2D eigenvalue weighted by atomic mass is 16.5. The molecule has 6 heteroatoms. The van der Waals surface area contributed by atoms with Gasteiger partial charge in [-0.1, -0.05) is 0 Å². The van der Waals surface area contributed by atoms with Crippen molar-refractivity contribution in [1.82, 2.24) is 19.3 Å². The Hall–Kier alpha value is -1.56. The van der Waals surface area contributed by atoms with Crippen LogP contribution in [0.3, 0.4) is 0 Å². The molecule has 1 aliphatic heterocycles. The van der Waals surface area contributed by atoms with E-state index in [1.807, 2.05) is 18.7 Å². The first-order valence-corrected chi connectivity index (χ1v) is 6.35. The van der Waals surface area contributed by atoms with Gasteiger partial charge in [-0.3, -0.25) is 9.25 Å². The van der Waals surface area contributed by atoms with Crippen LogP contribution in [0.4, 0.5) is 5.95 Å². The third-order valence-corrected chi connectivity index (χ3v) is 3.87. The van der Waals surface area contributed by atoms with Gasteiger partial charge in [0.15, 0.2) is 5.65 Å². The smallest absolute Gasteiger partial charge is 0.202 e. The Bertz CT molecular complexity index is 585. The van der Waals surface area contributed by atoms with E-state index in [0.717, 1.165) is 36.4 Å². The molecule has 98 valence electrons. The number of hydrogen-bond donors (Lipinski definition) is 1. The largest absolute Gasteiger partial charge is 0.378 e. The van der Waals surface area contributed by atoms with Crippen LogP contribution in [0.1, 0.15) is 19.0 Å². The van der Waals surface area contributed by atoms with Gasteiger partial charge in [-0.25, -0.2) is 4.98 Å². The zero-order chi connectivity index (χ0) is 12.9. The first-order valence-electron chi connectivity index (χ1n) is 6.35. The van der Waals surface area contributed by atoms with Crippen molar-refractivity contribution in [3.05, 3.63) is 5.69 Å². The van der Waals surface area contributed by atoms with Gasteiger partial charge in [0.2, 0.25) is 5.95 Å². The van der Waals surface area contributed by atoms with Crippen LogP contribution in [0.5, 0.6) is 0 Å². The van der Waals surface area contributed by atoms with Crippen molar-refractivity contribution >= 4 is 17.1 Å². The van der Waals surface area contributed by atoms with Crippen LogP contribution in [-0.4, -0.2) is 32.0 Å². The van der Waals surface area contributed by atoms with Gasteiger partial charge in [0.25, 0.3) is 0 Å². The molecule has 0 spiro atoms. The van der Waals surface area contributed by atoms with E-state index in [2.05, 4.69) is 21.6 Å². The van der Waals surface area contributed by atoms with Gasteiger partial charge < -0.3 is 10.5 Å². The standard InChI is InChI=1S/C12H19N5O/c1-7-10-11(16(3)15-7)17(12(13)14-10)6-9-4-5-18-8(9)2/h8-9H,4-6H2,1-3H3,(H2,13,14). The predicted octanol–water partition coefficient (Wildman–Crippen LogP) is 1.09. The van der Waals surface area contributed by atoms with Crippen LogP contribution >= 0.6 is 0 Å². The minimum absolute atomic E-state index is 0.288. The van der Waals surface area contributed by atoms with Crippen LogP contribution in [0.25, 0.3) is 11.2 Å². The molecule has 3 heterocycles. The lowest BCUT2D eigenvalue weighted by Crippen LogP contribution is -2.19. The lowest BCUT2D eigenvalue weighted by atomic mass is 10.0. The highest BCUT2D eigenvalue weighted by molar-refractivity contribution is 5.77. The van der Waals surface area contributed by atoms with Gasteiger partial charge in [0, 0.05) is 26.1 Å². The number of aryl methyl sites for hydroxylation is 2. The number of nitrogens with zero attached hydrogens (tertiary/aromatic N) is 4. The Labute approximate surface area is 106 Å². The second-order valence-corrected chi connectivity index (χ2v) is 5.09. The van der Waals surface area contributed by atoms with Crippen LogP contribution in [0.15, 0.2) is 0 Å². The van der Waals surface area contributed by atoms with E-state index in [-0.39, 0.29) is 6.10 Å². The number of imidazole rings is 1. The molecule has 2 aromatic heterocycles.